The van der Waals surface area contributed by atoms with Crippen LogP contribution in [0.25, 0.3) is 0 Å². The van der Waals surface area contributed by atoms with Gasteiger partial charge in [0.1, 0.15) is 17.2 Å². The molecule has 0 aromatic heterocycles. The Balaban J connectivity index is 2.01. The summed E-state index contributed by atoms with van der Waals surface area (Å²) in [5, 5.41) is 3.19. The SMILES string of the molecule is CCc1ccc(NC(=O)CN(c2ccc(Cl)c(Cl)c2)S(=O)(=O)c2cc(C)ccc2OC)cc1. The molecule has 0 atom stereocenters. The van der Waals surface area contributed by atoms with Gasteiger partial charge in [-0.25, -0.2) is 8.42 Å². The summed E-state index contributed by atoms with van der Waals surface area (Å²) in [5.74, 6) is -0.346. The van der Waals surface area contributed by atoms with E-state index in [0.29, 0.717) is 5.69 Å². The summed E-state index contributed by atoms with van der Waals surface area (Å²) in [7, 11) is -2.81. The van der Waals surface area contributed by atoms with E-state index in [9.17, 15) is 13.2 Å². The Hall–Kier alpha value is -2.74. The van der Waals surface area contributed by atoms with Crippen LogP contribution in [0.1, 0.15) is 18.1 Å². The standard InChI is InChI=1S/C24H24Cl2N2O4S/c1-4-17-6-8-18(9-7-17)27-24(29)15-28(19-10-11-20(25)21(26)14-19)33(30,31)23-13-16(2)5-12-22(23)32-3/h5-14H,4,15H2,1-3H3,(H,27,29). The van der Waals surface area contributed by atoms with Gasteiger partial charge in [-0.05, 0) is 66.9 Å². The van der Waals surface area contributed by atoms with Crippen molar-refractivity contribution in [1.29, 1.82) is 0 Å². The number of methoxy groups -OCH3 is 1. The van der Waals surface area contributed by atoms with Gasteiger partial charge in [-0.15, -0.1) is 0 Å². The summed E-state index contributed by atoms with van der Waals surface area (Å²) < 4.78 is 33.7. The summed E-state index contributed by atoms with van der Waals surface area (Å²) >= 11 is 12.2. The number of halogens is 2. The van der Waals surface area contributed by atoms with Gasteiger partial charge >= 0.3 is 0 Å². The molecule has 3 aromatic carbocycles. The van der Waals surface area contributed by atoms with Gasteiger partial charge in [0, 0.05) is 5.69 Å². The Labute approximate surface area is 204 Å². The van der Waals surface area contributed by atoms with E-state index in [1.165, 1.54) is 31.4 Å². The van der Waals surface area contributed by atoms with Gasteiger partial charge in [-0.1, -0.05) is 48.3 Å². The zero-order chi connectivity index (χ0) is 24.2. The minimum absolute atomic E-state index is 0.0591. The number of ether oxygens (including phenoxy) is 1. The average molecular weight is 507 g/mol. The molecular formula is C24H24Cl2N2O4S. The number of rotatable bonds is 8. The smallest absolute Gasteiger partial charge is 0.268 e. The molecule has 0 heterocycles. The Morgan fingerprint density at radius 3 is 2.30 bits per heavy atom. The monoisotopic (exact) mass is 506 g/mol. The molecule has 0 saturated heterocycles. The minimum atomic E-state index is -4.20. The molecule has 0 spiro atoms. The van der Waals surface area contributed by atoms with Gasteiger partial charge < -0.3 is 10.1 Å². The molecule has 0 aliphatic heterocycles. The van der Waals surface area contributed by atoms with E-state index in [2.05, 4.69) is 5.32 Å². The lowest BCUT2D eigenvalue weighted by molar-refractivity contribution is -0.114. The van der Waals surface area contributed by atoms with E-state index in [1.807, 2.05) is 19.1 Å². The maximum Gasteiger partial charge on any atom is 0.268 e. The molecule has 3 rings (SSSR count). The van der Waals surface area contributed by atoms with Crippen molar-refractivity contribution in [3.05, 3.63) is 81.8 Å². The van der Waals surface area contributed by atoms with Crippen LogP contribution in [0.4, 0.5) is 11.4 Å². The molecule has 3 aromatic rings. The van der Waals surface area contributed by atoms with E-state index in [4.69, 9.17) is 27.9 Å². The number of hydrogen-bond acceptors (Lipinski definition) is 4. The summed E-state index contributed by atoms with van der Waals surface area (Å²) in [6.07, 6.45) is 0.871. The first-order valence-corrected chi connectivity index (χ1v) is 12.4. The first-order chi connectivity index (χ1) is 15.6. The van der Waals surface area contributed by atoms with Crippen LogP contribution in [-0.4, -0.2) is 28.0 Å². The molecule has 0 unspecified atom stereocenters. The third kappa shape index (κ3) is 5.79. The lowest BCUT2D eigenvalue weighted by atomic mass is 10.1. The summed E-state index contributed by atoms with van der Waals surface area (Å²) in [5.41, 5.74) is 2.62. The van der Waals surface area contributed by atoms with Crippen LogP contribution >= 0.6 is 23.2 Å². The molecule has 6 nitrogen and oxygen atoms in total. The number of nitrogens with one attached hydrogen (secondary N) is 1. The van der Waals surface area contributed by atoms with E-state index in [0.717, 1.165) is 21.9 Å². The third-order valence-electron chi connectivity index (χ3n) is 5.01. The Bertz CT molecular complexity index is 1260. The van der Waals surface area contributed by atoms with Crippen molar-refractivity contribution in [1.82, 2.24) is 0 Å². The fourth-order valence-electron chi connectivity index (χ4n) is 3.21. The molecular weight excluding hydrogens is 483 g/mol. The minimum Gasteiger partial charge on any atom is -0.495 e. The van der Waals surface area contributed by atoms with E-state index < -0.39 is 22.5 Å². The van der Waals surface area contributed by atoms with Crippen molar-refractivity contribution in [2.24, 2.45) is 0 Å². The van der Waals surface area contributed by atoms with Crippen molar-refractivity contribution in [3.63, 3.8) is 0 Å². The van der Waals surface area contributed by atoms with Crippen molar-refractivity contribution in [2.45, 2.75) is 25.2 Å². The molecule has 1 amide bonds. The van der Waals surface area contributed by atoms with E-state index in [1.54, 1.807) is 31.2 Å². The second-order valence-corrected chi connectivity index (χ2v) is 10.0. The lowest BCUT2D eigenvalue weighted by Gasteiger charge is -2.25. The maximum atomic E-state index is 13.7. The number of aryl methyl sites for hydroxylation is 2. The van der Waals surface area contributed by atoms with E-state index in [-0.39, 0.29) is 26.4 Å². The topological polar surface area (TPSA) is 75.7 Å². The quantitative estimate of drug-likeness (QED) is 0.424. The summed E-state index contributed by atoms with van der Waals surface area (Å²) in [4.78, 5) is 12.8. The van der Waals surface area contributed by atoms with E-state index >= 15 is 0 Å². The molecule has 0 aliphatic rings. The third-order valence-corrected chi connectivity index (χ3v) is 7.55. The molecule has 0 saturated carbocycles. The highest BCUT2D eigenvalue weighted by Gasteiger charge is 2.30. The number of carbonyl (C=O) groups excluding carboxylic acids is 1. The Morgan fingerprint density at radius 2 is 1.70 bits per heavy atom. The highest BCUT2D eigenvalue weighted by atomic mass is 35.5. The fraction of sp³-hybridized carbons (Fsp3) is 0.208. The second kappa shape index (κ2) is 10.5. The number of benzene rings is 3. The number of amides is 1. The highest BCUT2D eigenvalue weighted by molar-refractivity contribution is 7.93. The second-order valence-electron chi connectivity index (χ2n) is 7.36. The first-order valence-electron chi connectivity index (χ1n) is 10.2. The van der Waals surface area contributed by atoms with Gasteiger partial charge in [0.15, 0.2) is 0 Å². The number of carbonyl (C=O) groups is 1. The molecule has 9 heteroatoms. The number of sulfonamides is 1. The molecule has 0 bridgehead atoms. The maximum absolute atomic E-state index is 13.7. The normalized spacial score (nSPS) is 11.2. The number of hydrogen-bond donors (Lipinski definition) is 1. The molecule has 0 fully saturated rings. The average Bonchev–Trinajstić information content (AvgIpc) is 2.79. The van der Waals surface area contributed by atoms with Crippen LogP contribution in [0.5, 0.6) is 5.75 Å². The van der Waals surface area contributed by atoms with Crippen LogP contribution in [-0.2, 0) is 21.2 Å². The molecule has 33 heavy (non-hydrogen) atoms. The highest BCUT2D eigenvalue weighted by Crippen LogP contribution is 2.33. The van der Waals surface area contributed by atoms with Gasteiger partial charge in [0.25, 0.3) is 10.0 Å². The van der Waals surface area contributed by atoms with Crippen molar-refractivity contribution >= 4 is 50.5 Å². The van der Waals surface area contributed by atoms with Crippen molar-refractivity contribution < 1.29 is 17.9 Å². The van der Waals surface area contributed by atoms with Crippen LogP contribution < -0.4 is 14.4 Å². The lowest BCUT2D eigenvalue weighted by Crippen LogP contribution is -2.38. The molecule has 174 valence electrons. The van der Waals surface area contributed by atoms with Gasteiger partial charge in [-0.2, -0.15) is 0 Å². The molecule has 1 N–H and O–H groups in total. The zero-order valence-electron chi connectivity index (χ0n) is 18.4. The Kier molecular flexibility index (Phi) is 7.89. The van der Waals surface area contributed by atoms with Gasteiger partial charge in [-0.3, -0.25) is 9.10 Å². The summed E-state index contributed by atoms with van der Waals surface area (Å²) in [6, 6.07) is 16.6. The van der Waals surface area contributed by atoms with Crippen LogP contribution in [0, 0.1) is 6.92 Å². The predicted octanol–water partition coefficient (Wildman–Crippen LogP) is 5.71. The largest absolute Gasteiger partial charge is 0.495 e. The number of nitrogens with zero attached hydrogens (tertiary/aromatic N) is 1. The van der Waals surface area contributed by atoms with Crippen LogP contribution in [0.2, 0.25) is 10.0 Å². The predicted molar refractivity (Wildman–Crippen MR) is 133 cm³/mol. The Morgan fingerprint density at radius 1 is 1.00 bits per heavy atom. The molecule has 0 aliphatic carbocycles. The first kappa shape index (κ1) is 24.9. The van der Waals surface area contributed by atoms with Crippen molar-refractivity contribution in [2.75, 3.05) is 23.3 Å². The van der Waals surface area contributed by atoms with Crippen LogP contribution in [0.15, 0.2) is 65.6 Å². The summed E-state index contributed by atoms with van der Waals surface area (Å²) in [6.45, 7) is 3.33. The number of anilines is 2. The van der Waals surface area contributed by atoms with Gasteiger partial charge in [0.05, 0.1) is 22.8 Å². The fourth-order valence-corrected chi connectivity index (χ4v) is 5.16. The molecule has 0 radical (unpaired) electrons. The van der Waals surface area contributed by atoms with Gasteiger partial charge in [0.2, 0.25) is 5.91 Å². The zero-order valence-corrected chi connectivity index (χ0v) is 20.8. The van der Waals surface area contributed by atoms with Crippen molar-refractivity contribution in [3.8, 4) is 5.75 Å². The van der Waals surface area contributed by atoms with Crippen LogP contribution in [0.3, 0.4) is 0 Å².